The van der Waals surface area contributed by atoms with Crippen molar-refractivity contribution in [3.05, 3.63) is 51.5 Å². The molecule has 0 aliphatic carbocycles. The zero-order valence-electron chi connectivity index (χ0n) is 17.6. The van der Waals surface area contributed by atoms with Crippen LogP contribution in [0.2, 0.25) is 0 Å². The molecule has 1 aromatic heterocycles. The van der Waals surface area contributed by atoms with E-state index in [0.717, 1.165) is 38.4 Å². The maximum absolute atomic E-state index is 4.48. The zero-order chi connectivity index (χ0) is 19.6. The van der Waals surface area contributed by atoms with Crippen LogP contribution in [0.25, 0.3) is 0 Å². The van der Waals surface area contributed by atoms with Gasteiger partial charge in [0.25, 0.3) is 0 Å². The topological polar surface area (TPSA) is 52.6 Å². The molecule has 2 aromatic rings. The summed E-state index contributed by atoms with van der Waals surface area (Å²) in [6.07, 6.45) is 8.02. The molecule has 5 nitrogen and oxygen atoms in total. The molecule has 7 heteroatoms. The second-order valence-corrected chi connectivity index (χ2v) is 8.48. The largest absolute Gasteiger partial charge is 0.356 e. The number of hydrogen-bond donors (Lipinski definition) is 2. The molecular weight excluding hydrogens is 493 g/mol. The summed E-state index contributed by atoms with van der Waals surface area (Å²) in [5, 5.41) is 8.07. The number of aromatic nitrogens is 1. The third-order valence-corrected chi connectivity index (χ3v) is 6.41. The number of likely N-dealkylation sites (tertiary alicyclic amines) is 1. The molecule has 0 bridgehead atoms. The highest BCUT2D eigenvalue weighted by Gasteiger charge is 2.12. The fourth-order valence-corrected chi connectivity index (χ4v) is 4.42. The number of hydrogen-bond acceptors (Lipinski definition) is 4. The number of aryl methyl sites for hydroxylation is 1. The minimum absolute atomic E-state index is 0. The first kappa shape index (κ1) is 24.1. The van der Waals surface area contributed by atoms with E-state index in [1.54, 1.807) is 11.3 Å². The van der Waals surface area contributed by atoms with Crippen LogP contribution in [0.1, 0.15) is 47.2 Å². The Balaban J connectivity index is 0.00000300. The molecular formula is C22H34IN5S. The summed E-state index contributed by atoms with van der Waals surface area (Å²) >= 11 is 1.80. The first-order valence-electron chi connectivity index (χ1n) is 10.5. The zero-order valence-corrected chi connectivity index (χ0v) is 20.8. The summed E-state index contributed by atoms with van der Waals surface area (Å²) in [4.78, 5) is 12.8. The maximum atomic E-state index is 4.48. The average molecular weight is 528 g/mol. The van der Waals surface area contributed by atoms with E-state index in [2.05, 4.69) is 56.7 Å². The van der Waals surface area contributed by atoms with Crippen molar-refractivity contribution in [3.63, 3.8) is 0 Å². The molecule has 0 amide bonds. The van der Waals surface area contributed by atoms with E-state index in [9.17, 15) is 0 Å². The third-order valence-electron chi connectivity index (χ3n) is 5.21. The molecule has 0 atom stereocenters. The quantitative estimate of drug-likeness (QED) is 0.307. The van der Waals surface area contributed by atoms with Crippen LogP contribution in [0.5, 0.6) is 0 Å². The Labute approximate surface area is 196 Å². The van der Waals surface area contributed by atoms with Crippen LogP contribution >= 0.6 is 35.3 Å². The second-order valence-electron chi connectivity index (χ2n) is 7.28. The monoisotopic (exact) mass is 527 g/mol. The van der Waals surface area contributed by atoms with Gasteiger partial charge >= 0.3 is 0 Å². The van der Waals surface area contributed by atoms with Gasteiger partial charge in [-0.1, -0.05) is 37.6 Å². The van der Waals surface area contributed by atoms with Gasteiger partial charge in [0.15, 0.2) is 5.96 Å². The first-order valence-corrected chi connectivity index (χ1v) is 11.3. The van der Waals surface area contributed by atoms with Crippen molar-refractivity contribution < 1.29 is 0 Å². The van der Waals surface area contributed by atoms with Crippen LogP contribution in [0.15, 0.2) is 35.5 Å². The molecule has 2 heterocycles. The van der Waals surface area contributed by atoms with E-state index >= 15 is 0 Å². The lowest BCUT2D eigenvalue weighted by atomic mass is 10.0. The van der Waals surface area contributed by atoms with E-state index in [1.807, 2.05) is 13.2 Å². The van der Waals surface area contributed by atoms with Crippen LogP contribution in [-0.2, 0) is 25.9 Å². The molecule has 2 N–H and O–H groups in total. The number of nitrogens with one attached hydrogen (secondary N) is 2. The van der Waals surface area contributed by atoms with Crippen LogP contribution in [0.3, 0.4) is 0 Å². The molecule has 1 fully saturated rings. The number of piperidine rings is 1. The molecule has 29 heavy (non-hydrogen) atoms. The van der Waals surface area contributed by atoms with E-state index in [1.165, 1.54) is 53.4 Å². The van der Waals surface area contributed by atoms with Crippen LogP contribution < -0.4 is 10.6 Å². The third kappa shape index (κ3) is 7.86. The van der Waals surface area contributed by atoms with Gasteiger partial charge in [-0.2, -0.15) is 0 Å². The summed E-state index contributed by atoms with van der Waals surface area (Å²) < 4.78 is 0. The predicted molar refractivity (Wildman–Crippen MR) is 134 cm³/mol. The van der Waals surface area contributed by atoms with E-state index in [0.29, 0.717) is 0 Å². The molecule has 1 aromatic carbocycles. The summed E-state index contributed by atoms with van der Waals surface area (Å²) in [5.41, 5.74) is 2.77. The number of guanidine groups is 1. The Morgan fingerprint density at radius 3 is 2.59 bits per heavy atom. The fourth-order valence-electron chi connectivity index (χ4n) is 3.56. The molecule has 1 aliphatic rings. The lowest BCUT2D eigenvalue weighted by Gasteiger charge is -2.27. The number of thiazole rings is 1. The van der Waals surface area contributed by atoms with Gasteiger partial charge in [-0.15, -0.1) is 35.3 Å². The van der Waals surface area contributed by atoms with E-state index < -0.39 is 0 Å². The van der Waals surface area contributed by atoms with Gasteiger partial charge in [0.2, 0.25) is 0 Å². The van der Waals surface area contributed by atoms with Gasteiger partial charge in [-0.05, 0) is 43.5 Å². The lowest BCUT2D eigenvalue weighted by molar-refractivity contribution is 0.220. The minimum Gasteiger partial charge on any atom is -0.356 e. The number of rotatable bonds is 8. The Kier molecular flexibility index (Phi) is 10.9. The Morgan fingerprint density at radius 2 is 1.90 bits per heavy atom. The highest BCUT2D eigenvalue weighted by atomic mass is 127. The summed E-state index contributed by atoms with van der Waals surface area (Å²) in [6.45, 7) is 7.30. The second kappa shape index (κ2) is 13.2. The summed E-state index contributed by atoms with van der Waals surface area (Å²) in [6, 6.07) is 8.76. The van der Waals surface area contributed by atoms with Crippen molar-refractivity contribution in [2.24, 2.45) is 4.99 Å². The van der Waals surface area contributed by atoms with Crippen molar-refractivity contribution in [1.29, 1.82) is 0 Å². The molecule has 0 saturated carbocycles. The standard InChI is InChI=1S/C22H33N5S.HI/c1-3-20-16-25-21(28-20)11-12-24-22(23-2)26-15-18-9-5-6-10-19(18)17-27-13-7-4-8-14-27;/h5-6,9-10,16H,3-4,7-8,11-15,17H2,1-2H3,(H2,23,24,26);1H. The normalized spacial score (nSPS) is 15.0. The van der Waals surface area contributed by atoms with Crippen molar-refractivity contribution in [3.8, 4) is 0 Å². The van der Waals surface area contributed by atoms with Gasteiger partial charge in [0, 0.05) is 44.2 Å². The van der Waals surface area contributed by atoms with Crippen LogP contribution in [0.4, 0.5) is 0 Å². The lowest BCUT2D eigenvalue weighted by Crippen LogP contribution is -2.38. The van der Waals surface area contributed by atoms with Gasteiger partial charge < -0.3 is 10.6 Å². The minimum atomic E-state index is 0. The molecule has 0 spiro atoms. The number of benzene rings is 1. The smallest absolute Gasteiger partial charge is 0.191 e. The van der Waals surface area contributed by atoms with Crippen molar-refractivity contribution in [2.45, 2.75) is 52.1 Å². The summed E-state index contributed by atoms with van der Waals surface area (Å²) in [7, 11) is 1.83. The van der Waals surface area contributed by atoms with Crippen LogP contribution in [-0.4, -0.2) is 42.5 Å². The SMILES string of the molecule is CCc1cnc(CCNC(=NC)NCc2ccccc2CN2CCCCC2)s1.I. The van der Waals surface area contributed by atoms with Gasteiger partial charge in [0.05, 0.1) is 5.01 Å². The molecule has 160 valence electrons. The highest BCUT2D eigenvalue weighted by Crippen LogP contribution is 2.16. The van der Waals surface area contributed by atoms with Gasteiger partial charge in [-0.25, -0.2) is 4.98 Å². The number of aliphatic imine (C=N–C) groups is 1. The number of halogens is 1. The molecule has 1 saturated heterocycles. The van der Waals surface area contributed by atoms with Crippen molar-refractivity contribution in [1.82, 2.24) is 20.5 Å². The summed E-state index contributed by atoms with van der Waals surface area (Å²) in [5.74, 6) is 0.847. The van der Waals surface area contributed by atoms with Crippen molar-refractivity contribution >= 4 is 41.3 Å². The van der Waals surface area contributed by atoms with Gasteiger partial charge in [-0.3, -0.25) is 9.89 Å². The van der Waals surface area contributed by atoms with Crippen LogP contribution in [0, 0.1) is 0 Å². The highest BCUT2D eigenvalue weighted by molar-refractivity contribution is 14.0. The van der Waals surface area contributed by atoms with E-state index in [4.69, 9.17) is 0 Å². The first-order chi connectivity index (χ1) is 13.8. The Morgan fingerprint density at radius 1 is 1.14 bits per heavy atom. The molecule has 3 rings (SSSR count). The Bertz CT molecular complexity index is 755. The Hall–Kier alpha value is -1.19. The van der Waals surface area contributed by atoms with Gasteiger partial charge in [0.1, 0.15) is 0 Å². The molecule has 1 aliphatic heterocycles. The molecule has 0 radical (unpaired) electrons. The number of nitrogens with zero attached hydrogens (tertiary/aromatic N) is 3. The predicted octanol–water partition coefficient (Wildman–Crippen LogP) is 4.22. The molecule has 0 unspecified atom stereocenters. The maximum Gasteiger partial charge on any atom is 0.191 e. The average Bonchev–Trinajstić information content (AvgIpc) is 3.20. The van der Waals surface area contributed by atoms with Crippen molar-refractivity contribution in [2.75, 3.05) is 26.7 Å². The fraction of sp³-hybridized carbons (Fsp3) is 0.545. The van der Waals surface area contributed by atoms with E-state index in [-0.39, 0.29) is 24.0 Å².